The summed E-state index contributed by atoms with van der Waals surface area (Å²) in [6, 6.07) is 1.43. The van der Waals surface area contributed by atoms with Crippen molar-refractivity contribution in [1.29, 1.82) is 0 Å². The lowest BCUT2D eigenvalue weighted by molar-refractivity contribution is 0.595. The number of hydrogen-bond acceptors (Lipinski definition) is 2. The van der Waals surface area contributed by atoms with Gasteiger partial charge in [0.25, 0.3) is 0 Å². The van der Waals surface area contributed by atoms with Crippen molar-refractivity contribution >= 4 is 0 Å². The van der Waals surface area contributed by atoms with Gasteiger partial charge in [0, 0.05) is 18.6 Å². The molecular weight excluding hydrogens is 100 g/mol. The lowest BCUT2D eigenvalue weighted by Crippen LogP contribution is -2.26. The van der Waals surface area contributed by atoms with Crippen molar-refractivity contribution in [3.8, 4) is 0 Å². The first-order chi connectivity index (χ1) is 3.83. The Morgan fingerprint density at radius 2 is 2.38 bits per heavy atom. The number of nitrogens with one attached hydrogen (secondary N) is 2. The molecule has 1 aliphatic heterocycles. The van der Waals surface area contributed by atoms with E-state index in [9.17, 15) is 0 Å². The zero-order chi connectivity index (χ0) is 5.98. The number of hydrogen-bond donors (Lipinski definition) is 2. The zero-order valence-corrected chi connectivity index (χ0v) is 5.57. The Balaban J connectivity index is 2.22. The highest BCUT2D eigenvalue weighted by Crippen LogP contribution is 2.03. The molecule has 0 bridgehead atoms. The molecule has 0 spiro atoms. The summed E-state index contributed by atoms with van der Waals surface area (Å²) in [5, 5.41) is 6.59. The van der Waals surface area contributed by atoms with E-state index >= 15 is 0 Å². The molecule has 0 radical (unpaired) electrons. The van der Waals surface area contributed by atoms with Crippen LogP contribution in [0.15, 0.2) is 0 Å². The third kappa shape index (κ3) is 1.20. The number of likely N-dealkylation sites (N-methyl/N-ethyl adjacent to an activating group) is 1. The highest BCUT2D eigenvalue weighted by atomic mass is 15.0. The average molecular weight is 114 g/mol. The van der Waals surface area contributed by atoms with Crippen LogP contribution in [0.25, 0.3) is 0 Å². The molecule has 1 fully saturated rings. The van der Waals surface area contributed by atoms with E-state index in [2.05, 4.69) is 17.6 Å². The van der Waals surface area contributed by atoms with Crippen LogP contribution < -0.4 is 10.6 Å². The Labute approximate surface area is 50.7 Å². The Kier molecular flexibility index (Phi) is 1.86. The monoisotopic (exact) mass is 114 g/mol. The zero-order valence-electron chi connectivity index (χ0n) is 5.57. The molecule has 0 aromatic heterocycles. The minimum atomic E-state index is 0.713. The van der Waals surface area contributed by atoms with Gasteiger partial charge in [-0.15, -0.1) is 0 Å². The lowest BCUT2D eigenvalue weighted by atomic mass is 10.2. The predicted molar refractivity (Wildman–Crippen MR) is 34.9 cm³/mol. The molecule has 48 valence electrons. The summed E-state index contributed by atoms with van der Waals surface area (Å²) in [6.45, 7) is 3.36. The van der Waals surface area contributed by atoms with Crippen LogP contribution in [-0.4, -0.2) is 25.7 Å². The van der Waals surface area contributed by atoms with Gasteiger partial charge in [-0.05, 0) is 20.4 Å². The van der Waals surface area contributed by atoms with Gasteiger partial charge in [0.05, 0.1) is 0 Å². The van der Waals surface area contributed by atoms with Crippen molar-refractivity contribution in [2.45, 2.75) is 25.4 Å². The molecule has 1 aliphatic rings. The molecule has 0 unspecified atom stereocenters. The first-order valence-corrected chi connectivity index (χ1v) is 3.23. The summed E-state index contributed by atoms with van der Waals surface area (Å²) in [6.07, 6.45) is 1.27. The van der Waals surface area contributed by atoms with E-state index in [1.54, 1.807) is 0 Å². The maximum atomic E-state index is 3.36. The molecule has 0 aromatic carbocycles. The summed E-state index contributed by atoms with van der Waals surface area (Å²) >= 11 is 0. The molecule has 2 atom stereocenters. The van der Waals surface area contributed by atoms with Gasteiger partial charge < -0.3 is 10.6 Å². The normalized spacial score (nSPS) is 38.2. The minimum absolute atomic E-state index is 0.713. The molecule has 2 heteroatoms. The summed E-state index contributed by atoms with van der Waals surface area (Å²) in [4.78, 5) is 0. The van der Waals surface area contributed by atoms with Gasteiger partial charge in [-0.1, -0.05) is 0 Å². The van der Waals surface area contributed by atoms with Crippen LogP contribution in [0, 0.1) is 0 Å². The highest BCUT2D eigenvalue weighted by Gasteiger charge is 2.17. The van der Waals surface area contributed by atoms with Crippen molar-refractivity contribution in [3.63, 3.8) is 0 Å². The summed E-state index contributed by atoms with van der Waals surface area (Å²) in [7, 11) is 2.02. The molecule has 2 N–H and O–H groups in total. The van der Waals surface area contributed by atoms with Gasteiger partial charge in [-0.3, -0.25) is 0 Å². The Morgan fingerprint density at radius 1 is 1.62 bits per heavy atom. The van der Waals surface area contributed by atoms with E-state index in [1.807, 2.05) is 7.05 Å². The van der Waals surface area contributed by atoms with Crippen molar-refractivity contribution in [1.82, 2.24) is 10.6 Å². The van der Waals surface area contributed by atoms with E-state index in [4.69, 9.17) is 0 Å². The van der Waals surface area contributed by atoms with E-state index in [1.165, 1.54) is 6.42 Å². The molecule has 1 heterocycles. The van der Waals surface area contributed by atoms with Crippen LogP contribution in [0.1, 0.15) is 13.3 Å². The van der Waals surface area contributed by atoms with Gasteiger partial charge in [-0.25, -0.2) is 0 Å². The van der Waals surface area contributed by atoms with Crippen LogP contribution in [0.5, 0.6) is 0 Å². The maximum Gasteiger partial charge on any atom is 0.0204 e. The fraction of sp³-hybridized carbons (Fsp3) is 1.00. The third-order valence-corrected chi connectivity index (χ3v) is 1.76. The van der Waals surface area contributed by atoms with Gasteiger partial charge in [0.15, 0.2) is 0 Å². The highest BCUT2D eigenvalue weighted by molar-refractivity contribution is 4.81. The smallest absolute Gasteiger partial charge is 0.0204 e. The van der Waals surface area contributed by atoms with E-state index in [0.717, 1.165) is 6.54 Å². The first-order valence-electron chi connectivity index (χ1n) is 3.23. The molecule has 0 saturated carbocycles. The quantitative estimate of drug-likeness (QED) is 0.499. The molecule has 2 nitrogen and oxygen atoms in total. The fourth-order valence-corrected chi connectivity index (χ4v) is 1.16. The molecule has 1 saturated heterocycles. The summed E-state index contributed by atoms with van der Waals surface area (Å²) < 4.78 is 0. The van der Waals surface area contributed by atoms with E-state index < -0.39 is 0 Å². The Morgan fingerprint density at radius 3 is 2.62 bits per heavy atom. The average Bonchev–Trinajstić information content (AvgIpc) is 2.14. The van der Waals surface area contributed by atoms with Crippen LogP contribution in [-0.2, 0) is 0 Å². The van der Waals surface area contributed by atoms with Crippen molar-refractivity contribution < 1.29 is 0 Å². The van der Waals surface area contributed by atoms with Crippen LogP contribution >= 0.6 is 0 Å². The van der Waals surface area contributed by atoms with Gasteiger partial charge in [-0.2, -0.15) is 0 Å². The van der Waals surface area contributed by atoms with Gasteiger partial charge in [0.2, 0.25) is 0 Å². The Hall–Kier alpha value is -0.0800. The van der Waals surface area contributed by atoms with Crippen LogP contribution in [0.4, 0.5) is 0 Å². The van der Waals surface area contributed by atoms with Crippen molar-refractivity contribution in [2.75, 3.05) is 13.6 Å². The molecule has 0 aliphatic carbocycles. The van der Waals surface area contributed by atoms with Crippen molar-refractivity contribution in [3.05, 3.63) is 0 Å². The van der Waals surface area contributed by atoms with Gasteiger partial charge in [0.1, 0.15) is 0 Å². The fourth-order valence-electron chi connectivity index (χ4n) is 1.16. The first kappa shape index (κ1) is 6.05. The maximum absolute atomic E-state index is 3.36. The van der Waals surface area contributed by atoms with E-state index in [-0.39, 0.29) is 0 Å². The molecular formula is C6H14N2. The molecule has 0 aromatic rings. The topological polar surface area (TPSA) is 24.1 Å². The molecule has 0 amide bonds. The predicted octanol–water partition coefficient (Wildman–Crippen LogP) is -0.0438. The SMILES string of the molecule is CN[C@H]1CN[C@@H](C)C1. The molecule has 8 heavy (non-hydrogen) atoms. The third-order valence-electron chi connectivity index (χ3n) is 1.76. The molecule has 1 rings (SSSR count). The van der Waals surface area contributed by atoms with Crippen molar-refractivity contribution in [2.24, 2.45) is 0 Å². The second kappa shape index (κ2) is 2.46. The summed E-state index contributed by atoms with van der Waals surface area (Å²) in [5.41, 5.74) is 0. The number of rotatable bonds is 1. The second-order valence-electron chi connectivity index (χ2n) is 2.53. The second-order valence-corrected chi connectivity index (χ2v) is 2.53. The van der Waals surface area contributed by atoms with E-state index in [0.29, 0.717) is 12.1 Å². The van der Waals surface area contributed by atoms with Crippen LogP contribution in [0.2, 0.25) is 0 Å². The Bertz CT molecular complexity index is 72.9. The minimum Gasteiger partial charge on any atom is -0.316 e. The summed E-state index contributed by atoms with van der Waals surface area (Å²) in [5.74, 6) is 0. The van der Waals surface area contributed by atoms with Gasteiger partial charge >= 0.3 is 0 Å². The van der Waals surface area contributed by atoms with Crippen LogP contribution in [0.3, 0.4) is 0 Å². The largest absolute Gasteiger partial charge is 0.316 e. The lowest BCUT2D eigenvalue weighted by Gasteiger charge is -2.03. The standard InChI is InChI=1S/C6H14N2/c1-5-3-6(7-2)4-8-5/h5-8H,3-4H2,1-2H3/t5-,6+/m0/s1.